The highest BCUT2D eigenvalue weighted by molar-refractivity contribution is 5.87. The van der Waals surface area contributed by atoms with Crippen molar-refractivity contribution in [1.29, 1.82) is 0 Å². The highest BCUT2D eigenvalue weighted by Crippen LogP contribution is 2.25. The topological polar surface area (TPSA) is 45.7 Å². The Balaban J connectivity index is 2.02. The zero-order valence-electron chi connectivity index (χ0n) is 8.15. The molecule has 14 heavy (non-hydrogen) atoms. The molecule has 0 radical (unpaired) electrons. The SMILES string of the molecule is O/N=C1/CCCCC1Cc1ccco1. The highest BCUT2D eigenvalue weighted by atomic mass is 16.4. The molecule has 1 saturated carbocycles. The molecule has 1 N–H and O–H groups in total. The summed E-state index contributed by atoms with van der Waals surface area (Å²) in [6.45, 7) is 0. The lowest BCUT2D eigenvalue weighted by Gasteiger charge is -2.21. The Bertz CT molecular complexity index is 303. The number of hydrogen-bond donors (Lipinski definition) is 1. The second kappa shape index (κ2) is 4.31. The van der Waals surface area contributed by atoms with Crippen LogP contribution in [0.5, 0.6) is 0 Å². The zero-order valence-corrected chi connectivity index (χ0v) is 8.15. The van der Waals surface area contributed by atoms with Crippen molar-refractivity contribution in [3.63, 3.8) is 0 Å². The Morgan fingerprint density at radius 3 is 3.14 bits per heavy atom. The fourth-order valence-corrected chi connectivity index (χ4v) is 2.09. The molecule has 0 spiro atoms. The lowest BCUT2D eigenvalue weighted by molar-refractivity contribution is 0.307. The van der Waals surface area contributed by atoms with E-state index in [2.05, 4.69) is 5.16 Å². The van der Waals surface area contributed by atoms with E-state index in [-0.39, 0.29) is 0 Å². The summed E-state index contributed by atoms with van der Waals surface area (Å²) in [5.74, 6) is 1.36. The largest absolute Gasteiger partial charge is 0.469 e. The molecular formula is C11H15NO2. The van der Waals surface area contributed by atoms with Gasteiger partial charge < -0.3 is 9.62 Å². The number of nitrogens with zero attached hydrogens (tertiary/aromatic N) is 1. The van der Waals surface area contributed by atoms with Crippen LogP contribution in [0.2, 0.25) is 0 Å². The van der Waals surface area contributed by atoms with Crippen LogP contribution in [-0.2, 0) is 6.42 Å². The van der Waals surface area contributed by atoms with Crippen LogP contribution in [0.1, 0.15) is 31.4 Å². The van der Waals surface area contributed by atoms with E-state index in [0.29, 0.717) is 5.92 Å². The molecule has 76 valence electrons. The summed E-state index contributed by atoms with van der Waals surface area (Å²) in [7, 11) is 0. The van der Waals surface area contributed by atoms with Crippen LogP contribution in [0, 0.1) is 5.92 Å². The van der Waals surface area contributed by atoms with Crippen molar-refractivity contribution in [2.45, 2.75) is 32.1 Å². The fourth-order valence-electron chi connectivity index (χ4n) is 2.09. The molecule has 0 bridgehead atoms. The summed E-state index contributed by atoms with van der Waals surface area (Å²) in [5, 5.41) is 12.2. The van der Waals surface area contributed by atoms with Gasteiger partial charge in [0.05, 0.1) is 12.0 Å². The number of hydrogen-bond acceptors (Lipinski definition) is 3. The van der Waals surface area contributed by atoms with Gasteiger partial charge in [0, 0.05) is 12.3 Å². The molecule has 1 aliphatic carbocycles. The molecule has 1 atom stereocenters. The van der Waals surface area contributed by atoms with Crippen LogP contribution >= 0.6 is 0 Å². The lowest BCUT2D eigenvalue weighted by Crippen LogP contribution is -2.21. The summed E-state index contributed by atoms with van der Waals surface area (Å²) in [6.07, 6.45) is 6.97. The molecule has 0 aromatic carbocycles. The molecular weight excluding hydrogens is 178 g/mol. The quantitative estimate of drug-likeness (QED) is 0.579. The smallest absolute Gasteiger partial charge is 0.104 e. The normalized spacial score (nSPS) is 25.4. The first-order valence-corrected chi connectivity index (χ1v) is 5.13. The summed E-state index contributed by atoms with van der Waals surface area (Å²) in [6, 6.07) is 3.87. The molecule has 3 heteroatoms. The zero-order chi connectivity index (χ0) is 9.80. The minimum absolute atomic E-state index is 0.375. The predicted molar refractivity (Wildman–Crippen MR) is 53.6 cm³/mol. The molecule has 2 rings (SSSR count). The molecule has 1 unspecified atom stereocenters. The van der Waals surface area contributed by atoms with Gasteiger partial charge >= 0.3 is 0 Å². The molecule has 1 fully saturated rings. The van der Waals surface area contributed by atoms with Gasteiger partial charge in [-0.05, 0) is 31.4 Å². The Hall–Kier alpha value is -1.25. The van der Waals surface area contributed by atoms with Gasteiger partial charge in [-0.25, -0.2) is 0 Å². The van der Waals surface area contributed by atoms with Crippen LogP contribution in [0.4, 0.5) is 0 Å². The van der Waals surface area contributed by atoms with Crippen LogP contribution in [0.3, 0.4) is 0 Å². The summed E-state index contributed by atoms with van der Waals surface area (Å²) >= 11 is 0. The van der Waals surface area contributed by atoms with E-state index in [0.717, 1.165) is 37.2 Å². The number of oxime groups is 1. The Morgan fingerprint density at radius 2 is 2.43 bits per heavy atom. The third-order valence-electron chi connectivity index (χ3n) is 2.86. The minimum Gasteiger partial charge on any atom is -0.469 e. The average molecular weight is 193 g/mol. The molecule has 1 aromatic heterocycles. The van der Waals surface area contributed by atoms with Crippen LogP contribution in [0.15, 0.2) is 28.0 Å². The van der Waals surface area contributed by atoms with E-state index in [1.807, 2.05) is 12.1 Å². The van der Waals surface area contributed by atoms with Crippen molar-refractivity contribution in [1.82, 2.24) is 0 Å². The van der Waals surface area contributed by atoms with Gasteiger partial charge in [0.25, 0.3) is 0 Å². The molecule has 1 aromatic rings. The number of rotatable bonds is 2. The van der Waals surface area contributed by atoms with Gasteiger partial charge in [-0.3, -0.25) is 0 Å². The minimum atomic E-state index is 0.375. The van der Waals surface area contributed by atoms with Gasteiger partial charge in [-0.2, -0.15) is 0 Å². The van der Waals surface area contributed by atoms with Gasteiger partial charge in [-0.1, -0.05) is 11.6 Å². The first-order valence-electron chi connectivity index (χ1n) is 5.13. The van der Waals surface area contributed by atoms with E-state index in [4.69, 9.17) is 9.62 Å². The molecule has 0 saturated heterocycles. The number of furan rings is 1. The third-order valence-corrected chi connectivity index (χ3v) is 2.86. The predicted octanol–water partition coefficient (Wildman–Crippen LogP) is 2.84. The van der Waals surface area contributed by atoms with Crippen LogP contribution in [-0.4, -0.2) is 10.9 Å². The van der Waals surface area contributed by atoms with Crippen molar-refractivity contribution in [2.24, 2.45) is 11.1 Å². The molecule has 0 amide bonds. The summed E-state index contributed by atoms with van der Waals surface area (Å²) in [4.78, 5) is 0. The van der Waals surface area contributed by atoms with E-state index >= 15 is 0 Å². The van der Waals surface area contributed by atoms with Crippen molar-refractivity contribution in [3.05, 3.63) is 24.2 Å². The lowest BCUT2D eigenvalue weighted by atomic mass is 9.84. The van der Waals surface area contributed by atoms with Crippen molar-refractivity contribution < 1.29 is 9.62 Å². The monoisotopic (exact) mass is 193 g/mol. The van der Waals surface area contributed by atoms with Crippen LogP contribution < -0.4 is 0 Å². The molecule has 1 heterocycles. The average Bonchev–Trinajstić information content (AvgIpc) is 2.71. The standard InChI is InChI=1S/C11H15NO2/c13-12-11-6-2-1-4-9(11)8-10-5-3-7-14-10/h3,5,7,9,13H,1-2,4,6,8H2/b12-11-. The molecule has 0 aliphatic heterocycles. The second-order valence-electron chi connectivity index (χ2n) is 3.82. The van der Waals surface area contributed by atoms with Gasteiger partial charge in [0.1, 0.15) is 5.76 Å². The van der Waals surface area contributed by atoms with E-state index in [1.165, 1.54) is 6.42 Å². The Labute approximate surface area is 83.4 Å². The summed E-state index contributed by atoms with van der Waals surface area (Å²) < 4.78 is 5.29. The Kier molecular flexibility index (Phi) is 2.87. The molecule has 1 aliphatic rings. The van der Waals surface area contributed by atoms with Crippen molar-refractivity contribution in [2.75, 3.05) is 0 Å². The first-order chi connectivity index (χ1) is 6.90. The van der Waals surface area contributed by atoms with E-state index < -0.39 is 0 Å². The van der Waals surface area contributed by atoms with E-state index in [9.17, 15) is 0 Å². The third kappa shape index (κ3) is 1.97. The highest BCUT2D eigenvalue weighted by Gasteiger charge is 2.21. The maximum absolute atomic E-state index is 8.85. The van der Waals surface area contributed by atoms with Gasteiger partial charge in [-0.15, -0.1) is 0 Å². The maximum atomic E-state index is 8.85. The maximum Gasteiger partial charge on any atom is 0.104 e. The fraction of sp³-hybridized carbons (Fsp3) is 0.545. The first kappa shape index (κ1) is 9.31. The summed E-state index contributed by atoms with van der Waals surface area (Å²) in [5.41, 5.74) is 0.938. The second-order valence-corrected chi connectivity index (χ2v) is 3.82. The van der Waals surface area contributed by atoms with Crippen molar-refractivity contribution >= 4 is 5.71 Å². The van der Waals surface area contributed by atoms with Crippen molar-refractivity contribution in [3.8, 4) is 0 Å². The van der Waals surface area contributed by atoms with Gasteiger partial charge in [0.2, 0.25) is 0 Å². The molecule has 3 nitrogen and oxygen atoms in total. The van der Waals surface area contributed by atoms with E-state index in [1.54, 1.807) is 6.26 Å². The Morgan fingerprint density at radius 1 is 1.50 bits per heavy atom. The van der Waals surface area contributed by atoms with Crippen LogP contribution in [0.25, 0.3) is 0 Å². The van der Waals surface area contributed by atoms with Gasteiger partial charge in [0.15, 0.2) is 0 Å².